The Hall–Kier alpha value is -1.94. The maximum absolute atomic E-state index is 13.1. The Morgan fingerprint density at radius 1 is 0.258 bits per heavy atom. The van der Waals surface area contributed by atoms with Crippen molar-refractivity contribution in [2.75, 3.05) is 39.6 Å². The lowest BCUT2D eigenvalue weighted by Crippen LogP contribution is -2.30. The van der Waals surface area contributed by atoms with Crippen LogP contribution < -0.4 is 0 Å². The normalized spacial score (nSPS) is 14.1. The minimum Gasteiger partial charge on any atom is -0.462 e. The lowest BCUT2D eigenvalue weighted by molar-refractivity contribution is -0.161. The highest BCUT2D eigenvalue weighted by atomic mass is 31.2. The second-order valence-electron chi connectivity index (χ2n) is 30.0. The summed E-state index contributed by atoms with van der Waals surface area (Å²) in [5, 5.41) is 10.6. The smallest absolute Gasteiger partial charge is 0.462 e. The molecule has 0 aliphatic rings. The van der Waals surface area contributed by atoms with Crippen LogP contribution in [0.4, 0.5) is 0 Å². The predicted molar refractivity (Wildman–Crippen MR) is 395 cm³/mol. The molecule has 0 aliphatic carbocycles. The first-order valence-electron chi connectivity index (χ1n) is 40.2. The molecule has 0 saturated heterocycles. The van der Waals surface area contributed by atoms with Crippen LogP contribution in [0.15, 0.2) is 0 Å². The fourth-order valence-corrected chi connectivity index (χ4v) is 13.5. The molecule has 5 atom stereocenters. The number of aliphatic hydroxyl groups is 1. The molecule has 0 aromatic heterocycles. The molecule has 97 heavy (non-hydrogen) atoms. The molecule has 0 radical (unpaired) electrons. The first-order chi connectivity index (χ1) is 46.6. The Kier molecular flexibility index (Phi) is 65.9. The van der Waals surface area contributed by atoms with Crippen LogP contribution in [0.2, 0.25) is 0 Å². The van der Waals surface area contributed by atoms with E-state index in [-0.39, 0.29) is 25.7 Å². The highest BCUT2D eigenvalue weighted by molar-refractivity contribution is 7.47. The van der Waals surface area contributed by atoms with E-state index in [0.29, 0.717) is 31.6 Å². The average molecular weight is 1420 g/mol. The van der Waals surface area contributed by atoms with Crippen molar-refractivity contribution in [1.29, 1.82) is 0 Å². The van der Waals surface area contributed by atoms with Crippen LogP contribution in [0.5, 0.6) is 0 Å². The molecule has 0 spiro atoms. The van der Waals surface area contributed by atoms with Gasteiger partial charge in [0.2, 0.25) is 0 Å². The molecule has 0 aromatic carbocycles. The summed E-state index contributed by atoms with van der Waals surface area (Å²) in [7, 11) is -9.92. The van der Waals surface area contributed by atoms with Gasteiger partial charge in [0.1, 0.15) is 19.3 Å². The van der Waals surface area contributed by atoms with Gasteiger partial charge in [0.05, 0.1) is 26.4 Å². The number of rotatable bonds is 75. The van der Waals surface area contributed by atoms with E-state index in [4.69, 9.17) is 37.0 Å². The van der Waals surface area contributed by atoms with Gasteiger partial charge in [-0.2, -0.15) is 0 Å². The Labute approximate surface area is 594 Å². The molecule has 0 bridgehead atoms. The van der Waals surface area contributed by atoms with Crippen molar-refractivity contribution in [3.8, 4) is 0 Å². The van der Waals surface area contributed by atoms with Gasteiger partial charge in [0.25, 0.3) is 0 Å². The summed E-state index contributed by atoms with van der Waals surface area (Å²) in [6.45, 7) is 14.2. The number of aliphatic hydroxyl groups excluding tert-OH is 1. The predicted octanol–water partition coefficient (Wildman–Crippen LogP) is 22.8. The highest BCUT2D eigenvalue weighted by Crippen LogP contribution is 2.45. The molecule has 0 saturated carbocycles. The molecule has 576 valence electrons. The van der Waals surface area contributed by atoms with Crippen molar-refractivity contribution < 1.29 is 80.2 Å². The van der Waals surface area contributed by atoms with Crippen LogP contribution in [0.25, 0.3) is 0 Å². The van der Waals surface area contributed by atoms with Gasteiger partial charge in [-0.3, -0.25) is 37.3 Å². The van der Waals surface area contributed by atoms with Crippen LogP contribution in [-0.2, 0) is 65.4 Å². The minimum atomic E-state index is -4.96. The number of carbonyl (C=O) groups excluding carboxylic acids is 4. The van der Waals surface area contributed by atoms with Gasteiger partial charge in [0.15, 0.2) is 12.2 Å². The Morgan fingerprint density at radius 3 is 0.639 bits per heavy atom. The third kappa shape index (κ3) is 72.2. The third-order valence-electron chi connectivity index (χ3n) is 18.1. The summed E-state index contributed by atoms with van der Waals surface area (Å²) in [4.78, 5) is 72.9. The monoisotopic (exact) mass is 1420 g/mol. The molecule has 0 rings (SSSR count). The second kappa shape index (κ2) is 67.2. The number of hydrogen-bond acceptors (Lipinski definition) is 15. The SMILES string of the molecule is CC(C)CCCCCCCCCCCCCCCCCCC(=O)O[C@H](COC(=O)CCCCCCCCCCCCCC(C)C)COP(=O)(O)OC[C@@H](O)COP(=O)(O)OC[C@@H](COC(=O)CCCCCCCCC(C)C)OC(=O)CCCCCCCCCCCCCCC(C)C. The second-order valence-corrected chi connectivity index (χ2v) is 32.9. The lowest BCUT2D eigenvalue weighted by Gasteiger charge is -2.21. The molecule has 19 heteroatoms. The molecule has 0 fully saturated rings. The van der Waals surface area contributed by atoms with Crippen molar-refractivity contribution in [3.05, 3.63) is 0 Å². The van der Waals surface area contributed by atoms with E-state index < -0.39 is 97.5 Å². The van der Waals surface area contributed by atoms with Gasteiger partial charge in [-0.25, -0.2) is 9.13 Å². The van der Waals surface area contributed by atoms with E-state index in [2.05, 4.69) is 55.4 Å². The molecule has 3 N–H and O–H groups in total. The molecule has 17 nitrogen and oxygen atoms in total. The van der Waals surface area contributed by atoms with Crippen LogP contribution >= 0.6 is 15.6 Å². The lowest BCUT2D eigenvalue weighted by atomic mass is 10.0. The largest absolute Gasteiger partial charge is 0.472 e. The van der Waals surface area contributed by atoms with Crippen LogP contribution in [-0.4, -0.2) is 96.7 Å². The van der Waals surface area contributed by atoms with Gasteiger partial charge in [-0.15, -0.1) is 0 Å². The van der Waals surface area contributed by atoms with Crippen LogP contribution in [0.1, 0.15) is 396 Å². The first kappa shape index (κ1) is 95.1. The maximum Gasteiger partial charge on any atom is 0.472 e. The summed E-state index contributed by atoms with van der Waals surface area (Å²) in [6, 6.07) is 0. The summed E-state index contributed by atoms with van der Waals surface area (Å²) in [6.07, 6.45) is 52.9. The van der Waals surface area contributed by atoms with E-state index in [1.54, 1.807) is 0 Å². The Balaban J connectivity index is 5.23. The fourth-order valence-electron chi connectivity index (χ4n) is 11.9. The molecule has 0 aliphatic heterocycles. The molecule has 0 amide bonds. The summed E-state index contributed by atoms with van der Waals surface area (Å²) >= 11 is 0. The van der Waals surface area contributed by atoms with Gasteiger partial charge >= 0.3 is 39.5 Å². The molecular formula is C78H152O17P2. The highest BCUT2D eigenvalue weighted by Gasteiger charge is 2.30. The molecule has 0 aromatic rings. The van der Waals surface area contributed by atoms with Crippen molar-refractivity contribution in [3.63, 3.8) is 0 Å². The minimum absolute atomic E-state index is 0.105. The summed E-state index contributed by atoms with van der Waals surface area (Å²) in [5.41, 5.74) is 0. The van der Waals surface area contributed by atoms with E-state index in [1.807, 2.05) is 0 Å². The van der Waals surface area contributed by atoms with E-state index in [0.717, 1.165) is 114 Å². The van der Waals surface area contributed by atoms with Crippen LogP contribution in [0.3, 0.4) is 0 Å². The van der Waals surface area contributed by atoms with E-state index in [9.17, 15) is 43.2 Å². The van der Waals surface area contributed by atoms with Gasteiger partial charge in [0, 0.05) is 25.7 Å². The van der Waals surface area contributed by atoms with Gasteiger partial charge < -0.3 is 33.8 Å². The van der Waals surface area contributed by atoms with Crippen molar-refractivity contribution in [2.45, 2.75) is 414 Å². The molecule has 0 heterocycles. The number of phosphoric ester groups is 2. The van der Waals surface area contributed by atoms with Crippen molar-refractivity contribution in [1.82, 2.24) is 0 Å². The zero-order valence-electron chi connectivity index (χ0n) is 63.7. The van der Waals surface area contributed by atoms with Gasteiger partial charge in [-0.1, -0.05) is 344 Å². The third-order valence-corrected chi connectivity index (χ3v) is 20.0. The Morgan fingerprint density at radius 2 is 0.433 bits per heavy atom. The fraction of sp³-hybridized carbons (Fsp3) is 0.949. The standard InChI is InChI=1S/C78H152O17P2/c1-68(2)54-46-38-30-24-18-13-11-9-10-12-14-21-28-34-44-52-60-77(82)94-73(64-88-75(80)58-50-42-33-27-23-17-20-26-32-40-48-56-70(5)6)66-92-96(84,85)90-62-72(79)63-91-97(86,87)93-67-74(65-89-76(81)59-51-43-37-36-41-49-57-71(7)8)95-78(83)61-53-45-35-29-22-16-15-19-25-31-39-47-55-69(3)4/h68-74,79H,9-67H2,1-8H3,(H,84,85)(H,86,87)/t72-,73-,74-/m1/s1. The van der Waals surface area contributed by atoms with Crippen molar-refractivity contribution >= 4 is 39.5 Å². The Bertz CT molecular complexity index is 1900. The average Bonchev–Trinajstić information content (AvgIpc) is 1.41. The summed E-state index contributed by atoms with van der Waals surface area (Å²) in [5.74, 6) is 0.917. The van der Waals surface area contributed by atoms with Crippen molar-refractivity contribution in [2.24, 2.45) is 23.7 Å². The zero-order valence-corrected chi connectivity index (χ0v) is 65.5. The zero-order chi connectivity index (χ0) is 71.7. The van der Waals surface area contributed by atoms with Gasteiger partial charge in [-0.05, 0) is 49.4 Å². The molecular weight excluding hydrogens is 1270 g/mol. The maximum atomic E-state index is 13.1. The number of carbonyl (C=O) groups is 4. The first-order valence-corrected chi connectivity index (χ1v) is 43.2. The quantitative estimate of drug-likeness (QED) is 0.0222. The number of esters is 4. The number of ether oxygens (including phenoxy) is 4. The summed E-state index contributed by atoms with van der Waals surface area (Å²) < 4.78 is 68.6. The van der Waals surface area contributed by atoms with E-state index >= 15 is 0 Å². The van der Waals surface area contributed by atoms with E-state index in [1.165, 1.54) is 193 Å². The van der Waals surface area contributed by atoms with Crippen LogP contribution in [0, 0.1) is 23.7 Å². The number of unbranched alkanes of at least 4 members (excludes halogenated alkanes) is 41. The topological polar surface area (TPSA) is 237 Å². The number of phosphoric acid groups is 2. The number of hydrogen-bond donors (Lipinski definition) is 3. The molecule has 2 unspecified atom stereocenters.